The number of hydrogen-bond acceptors (Lipinski definition) is 4. The van der Waals surface area contributed by atoms with E-state index in [9.17, 15) is 27.9 Å². The average molecular weight is 327 g/mol. The van der Waals surface area contributed by atoms with E-state index in [1.807, 2.05) is 0 Å². The van der Waals surface area contributed by atoms with Crippen molar-refractivity contribution in [1.29, 1.82) is 0 Å². The van der Waals surface area contributed by atoms with Gasteiger partial charge in [-0.25, -0.2) is 4.79 Å². The molecule has 0 radical (unpaired) electrons. The number of ether oxygens (including phenoxy) is 1. The molecule has 0 saturated heterocycles. The number of carbonyl (C=O) groups is 2. The Bertz CT molecular complexity index is 556. The summed E-state index contributed by atoms with van der Waals surface area (Å²) in [6.07, 6.45) is -7.04. The van der Waals surface area contributed by atoms with Crippen LogP contribution in [-0.4, -0.2) is 33.7 Å². The molecule has 116 valence electrons. The molecule has 9 heteroatoms. The van der Waals surface area contributed by atoms with Crippen molar-refractivity contribution in [2.45, 2.75) is 24.8 Å². The number of aliphatic hydroxyl groups excluding tert-OH is 1. The number of carboxylic acids is 1. The van der Waals surface area contributed by atoms with Gasteiger partial charge in [0, 0.05) is 11.1 Å². The first kappa shape index (κ1) is 17.3. The summed E-state index contributed by atoms with van der Waals surface area (Å²) in [6, 6.07) is 2.35. The first-order valence-corrected chi connectivity index (χ1v) is 5.95. The zero-order chi connectivity index (χ0) is 16.4. The fourth-order valence-corrected chi connectivity index (χ4v) is 1.65. The second kappa shape index (κ2) is 6.31. The lowest BCUT2D eigenvalue weighted by atomic mass is 9.97. The molecule has 5 nitrogen and oxygen atoms in total. The number of carboxylic acid groups (broad SMARTS) is 1. The summed E-state index contributed by atoms with van der Waals surface area (Å²) in [7, 11) is 0. The number of rotatable bonds is 5. The van der Waals surface area contributed by atoms with Gasteiger partial charge in [0.15, 0.2) is 11.9 Å². The van der Waals surface area contributed by atoms with E-state index in [0.717, 1.165) is 12.1 Å². The maximum absolute atomic E-state index is 12.1. The minimum absolute atomic E-state index is 0.366. The summed E-state index contributed by atoms with van der Waals surface area (Å²) in [5.41, 5.74) is -0.816. The molecule has 1 aromatic rings. The minimum Gasteiger partial charge on any atom is -0.479 e. The smallest absolute Gasteiger partial charge is 0.479 e. The predicted octanol–water partition coefficient (Wildman–Crippen LogP) is 2.51. The van der Waals surface area contributed by atoms with Crippen LogP contribution in [-0.2, 0) is 4.79 Å². The molecule has 1 aromatic carbocycles. The maximum Gasteiger partial charge on any atom is 0.573 e. The molecule has 1 rings (SSSR count). The number of hydrogen-bond donors (Lipinski definition) is 2. The number of aliphatic hydroxyl groups is 1. The topological polar surface area (TPSA) is 83.8 Å². The monoisotopic (exact) mass is 326 g/mol. The first-order chi connectivity index (χ1) is 9.53. The SMILES string of the molecule is CC(Cl)C(=O)c1cc(OC(F)(F)F)ccc1C(O)C(=O)O. The quantitative estimate of drug-likeness (QED) is 0.641. The number of halogens is 4. The van der Waals surface area contributed by atoms with Gasteiger partial charge in [-0.15, -0.1) is 24.8 Å². The van der Waals surface area contributed by atoms with E-state index in [0.29, 0.717) is 6.07 Å². The second-order valence-corrected chi connectivity index (χ2v) is 4.67. The fourth-order valence-electron chi connectivity index (χ4n) is 1.53. The third-order valence-electron chi connectivity index (χ3n) is 2.41. The van der Waals surface area contributed by atoms with Gasteiger partial charge in [0.1, 0.15) is 5.75 Å². The Morgan fingerprint density at radius 2 is 1.90 bits per heavy atom. The standard InChI is InChI=1S/C12H10ClF3O5/c1-5(13)9(17)8-4-6(21-12(14,15)16)2-3-7(8)10(18)11(19)20/h2-5,10,18H,1H3,(H,19,20). The molecule has 0 saturated carbocycles. The average Bonchev–Trinajstić information content (AvgIpc) is 2.34. The summed E-state index contributed by atoms with van der Waals surface area (Å²) < 4.78 is 40.1. The van der Waals surface area contributed by atoms with Crippen molar-refractivity contribution in [3.8, 4) is 5.75 Å². The van der Waals surface area contributed by atoms with Crippen molar-refractivity contribution in [3.05, 3.63) is 29.3 Å². The van der Waals surface area contributed by atoms with Crippen LogP contribution in [0.4, 0.5) is 13.2 Å². The third kappa shape index (κ3) is 4.61. The lowest BCUT2D eigenvalue weighted by molar-refractivity contribution is -0.274. The predicted molar refractivity (Wildman–Crippen MR) is 65.4 cm³/mol. The third-order valence-corrected chi connectivity index (χ3v) is 2.61. The molecule has 0 spiro atoms. The number of alkyl halides is 4. The van der Waals surface area contributed by atoms with Crippen LogP contribution in [0.1, 0.15) is 28.9 Å². The van der Waals surface area contributed by atoms with Gasteiger partial charge in [-0.3, -0.25) is 4.79 Å². The van der Waals surface area contributed by atoms with Crippen molar-refractivity contribution in [1.82, 2.24) is 0 Å². The lowest BCUT2D eigenvalue weighted by Gasteiger charge is -2.15. The normalized spacial score (nSPS) is 14.4. The summed E-state index contributed by atoms with van der Waals surface area (Å²) in [4.78, 5) is 22.6. The Kier molecular flexibility index (Phi) is 5.19. The molecule has 0 amide bonds. The number of Topliss-reactive ketones (excluding diaryl/α,β-unsaturated/α-hetero) is 1. The molecule has 0 aliphatic rings. The minimum atomic E-state index is -4.97. The van der Waals surface area contributed by atoms with E-state index in [1.165, 1.54) is 6.92 Å². The summed E-state index contributed by atoms with van der Waals surface area (Å²) in [5.74, 6) is -3.21. The highest BCUT2D eigenvalue weighted by molar-refractivity contribution is 6.33. The fraction of sp³-hybridized carbons (Fsp3) is 0.333. The van der Waals surface area contributed by atoms with Crippen molar-refractivity contribution in [2.75, 3.05) is 0 Å². The van der Waals surface area contributed by atoms with Crippen molar-refractivity contribution in [2.24, 2.45) is 0 Å². The van der Waals surface area contributed by atoms with Gasteiger partial charge >= 0.3 is 12.3 Å². The van der Waals surface area contributed by atoms with Gasteiger partial charge in [0.25, 0.3) is 0 Å². The Hall–Kier alpha value is -1.80. The molecule has 2 N–H and O–H groups in total. The van der Waals surface area contributed by atoms with Crippen LogP contribution in [0.15, 0.2) is 18.2 Å². The van der Waals surface area contributed by atoms with E-state index in [1.54, 1.807) is 0 Å². The summed E-state index contributed by atoms with van der Waals surface area (Å²) >= 11 is 5.56. The molecule has 0 fully saturated rings. The Balaban J connectivity index is 3.33. The number of carbonyl (C=O) groups excluding carboxylic acids is 1. The molecular formula is C12H10ClF3O5. The van der Waals surface area contributed by atoms with E-state index in [2.05, 4.69) is 4.74 Å². The van der Waals surface area contributed by atoms with Crippen molar-refractivity contribution < 1.29 is 37.7 Å². The van der Waals surface area contributed by atoms with Gasteiger partial charge in [-0.05, 0) is 19.1 Å². The molecule has 0 aromatic heterocycles. The summed E-state index contributed by atoms with van der Waals surface area (Å²) in [6.45, 7) is 1.26. The van der Waals surface area contributed by atoms with Crippen LogP contribution in [0.5, 0.6) is 5.75 Å². The van der Waals surface area contributed by atoms with Crippen LogP contribution in [0.25, 0.3) is 0 Å². The Morgan fingerprint density at radius 1 is 1.33 bits per heavy atom. The second-order valence-electron chi connectivity index (χ2n) is 4.02. The zero-order valence-electron chi connectivity index (χ0n) is 10.5. The molecule has 2 atom stereocenters. The largest absolute Gasteiger partial charge is 0.573 e. The molecule has 0 aliphatic carbocycles. The highest BCUT2D eigenvalue weighted by Gasteiger charge is 2.32. The van der Waals surface area contributed by atoms with Crippen LogP contribution in [0.3, 0.4) is 0 Å². The van der Waals surface area contributed by atoms with Crippen molar-refractivity contribution >= 4 is 23.4 Å². The van der Waals surface area contributed by atoms with Crippen molar-refractivity contribution in [3.63, 3.8) is 0 Å². The molecule has 0 bridgehead atoms. The van der Waals surface area contributed by atoms with E-state index >= 15 is 0 Å². The maximum atomic E-state index is 12.1. The molecule has 2 unspecified atom stereocenters. The number of benzene rings is 1. The van der Waals surface area contributed by atoms with Gasteiger partial charge in [0.05, 0.1) is 5.38 Å². The van der Waals surface area contributed by atoms with Crippen LogP contribution < -0.4 is 4.74 Å². The van der Waals surface area contributed by atoms with Crippen LogP contribution >= 0.6 is 11.6 Å². The highest BCUT2D eigenvalue weighted by atomic mass is 35.5. The molecule has 0 aliphatic heterocycles. The van der Waals surface area contributed by atoms with Crippen LogP contribution in [0.2, 0.25) is 0 Å². The van der Waals surface area contributed by atoms with Gasteiger partial charge in [0.2, 0.25) is 0 Å². The zero-order valence-corrected chi connectivity index (χ0v) is 11.3. The van der Waals surface area contributed by atoms with Gasteiger partial charge < -0.3 is 14.9 Å². The van der Waals surface area contributed by atoms with E-state index in [-0.39, 0.29) is 5.56 Å². The van der Waals surface area contributed by atoms with Crippen LogP contribution in [0, 0.1) is 0 Å². The molecule has 0 heterocycles. The molecule has 21 heavy (non-hydrogen) atoms. The summed E-state index contributed by atoms with van der Waals surface area (Å²) in [5, 5.41) is 17.1. The Morgan fingerprint density at radius 3 is 2.33 bits per heavy atom. The van der Waals surface area contributed by atoms with Gasteiger partial charge in [-0.2, -0.15) is 0 Å². The van der Waals surface area contributed by atoms with Gasteiger partial charge in [-0.1, -0.05) is 6.07 Å². The first-order valence-electron chi connectivity index (χ1n) is 5.51. The number of aliphatic carboxylic acids is 1. The molecular weight excluding hydrogens is 317 g/mol. The Labute approximate surface area is 121 Å². The lowest BCUT2D eigenvalue weighted by Crippen LogP contribution is -2.21. The highest BCUT2D eigenvalue weighted by Crippen LogP contribution is 2.29. The van der Waals surface area contributed by atoms with E-state index in [4.69, 9.17) is 16.7 Å². The number of ketones is 1. The van der Waals surface area contributed by atoms with E-state index < -0.39 is 40.9 Å².